The Labute approximate surface area is 311 Å². The van der Waals surface area contributed by atoms with Crippen LogP contribution in [0.25, 0.3) is 0 Å². The number of hydrogen-bond donors (Lipinski definition) is 10. The predicted molar refractivity (Wildman–Crippen MR) is 141 cm³/mol. The fourth-order valence-corrected chi connectivity index (χ4v) is 6.53. The molecule has 0 saturated carbocycles. The largest absolute Gasteiger partial charge is 1.00 e. The minimum atomic E-state index is -5.20. The zero-order valence-corrected chi connectivity index (χ0v) is 31.4. The Morgan fingerprint density at radius 1 is 1.21 bits per heavy atom. The number of aliphatic hydroxyl groups excluding tert-OH is 6. The number of hydrogen-bond acceptors (Lipinski definition) is 17. The van der Waals surface area contributed by atoms with E-state index in [0.717, 1.165) is 23.8 Å². The molecule has 2 unspecified atom stereocenters. The molecule has 0 aliphatic carbocycles. The van der Waals surface area contributed by atoms with E-state index in [9.17, 15) is 64.7 Å². The Balaban J connectivity index is 0.00000552. The van der Waals surface area contributed by atoms with Crippen molar-refractivity contribution >= 4 is 21.3 Å². The topological polar surface area (TPSA) is 353 Å². The first-order valence-corrected chi connectivity index (χ1v) is 16.6. The van der Waals surface area contributed by atoms with Gasteiger partial charge in [0.2, 0.25) is 0 Å². The van der Waals surface area contributed by atoms with Gasteiger partial charge < -0.3 is 74.1 Å². The smallest absolute Gasteiger partial charge is 0.862 e. The maximum absolute atomic E-state index is 13.0. The molecular formula is C22H36N4Na2O17P2. The third-order valence-electron chi connectivity index (χ3n) is 7.17. The number of rotatable bonds is 14. The Bertz CT molecular complexity index is 1350. The van der Waals surface area contributed by atoms with Gasteiger partial charge in [0.15, 0.2) is 6.23 Å². The molecule has 2 fully saturated rings. The Hall–Kier alpha value is 0.0900. The van der Waals surface area contributed by atoms with E-state index in [0.29, 0.717) is 0 Å². The maximum Gasteiger partial charge on any atom is 1.00 e. The van der Waals surface area contributed by atoms with Crippen molar-refractivity contribution < 1.29 is 142 Å². The minimum Gasteiger partial charge on any atom is -0.862 e. The van der Waals surface area contributed by atoms with Gasteiger partial charge in [0.05, 0.1) is 43.7 Å². The molecule has 0 aromatic carbocycles. The van der Waals surface area contributed by atoms with Crippen LogP contribution in [0.15, 0.2) is 17.3 Å². The number of nitrogens with one attached hydrogen (secondary N) is 1. The standard InChI is InChI=1S/C22H38N4O17P2.2Na/c1-10(28)24-15-11(29)6-22(9-41-45(37,38)39,43-19(15)16(31)12(30)7-27)3-5-44(35,36)40-8-13-17(32)18(33)20(42-13)26-4-2-14(23)25-21(26)34;;/h2,4,11-13,15-20,27,29-33H,3,5-9H2,1H3,(H,24,28)(H,35,36)(H2,23,25,34)(H2,37,38,39);;/q;2*+1/p-2/t11-,12+,13+,15+,16?,17+,18+,19+,20+,22-;;/m0../s1. The monoisotopic (exact) mass is 736 g/mol. The summed E-state index contributed by atoms with van der Waals surface area (Å²) >= 11 is 0. The molecule has 2 aliphatic rings. The molecule has 21 nitrogen and oxygen atoms in total. The van der Waals surface area contributed by atoms with Crippen LogP contribution in [0.1, 0.15) is 26.0 Å². The van der Waals surface area contributed by atoms with Gasteiger partial charge in [-0.05, 0) is 25.3 Å². The summed E-state index contributed by atoms with van der Waals surface area (Å²) < 4.78 is 46.1. The number of phosphoric acid groups is 1. The molecule has 2 aliphatic heterocycles. The maximum atomic E-state index is 13.0. The van der Waals surface area contributed by atoms with Crippen LogP contribution < -0.4 is 74.8 Å². The summed E-state index contributed by atoms with van der Waals surface area (Å²) in [6, 6.07) is -1.38. The van der Waals surface area contributed by atoms with Gasteiger partial charge in [0.25, 0.3) is 0 Å². The van der Waals surface area contributed by atoms with Crippen molar-refractivity contribution in [3.05, 3.63) is 17.8 Å². The van der Waals surface area contributed by atoms with Gasteiger partial charge in [-0.25, -0.2) is 9.55 Å². The number of aliphatic hydroxyl groups is 6. The molecule has 47 heavy (non-hydrogen) atoms. The van der Waals surface area contributed by atoms with E-state index in [2.05, 4.69) is 14.5 Å². The second-order valence-electron chi connectivity index (χ2n) is 10.6. The number of phosphoric ester groups is 1. The Morgan fingerprint density at radius 3 is 2.40 bits per heavy atom. The summed E-state index contributed by atoms with van der Waals surface area (Å²) in [7, 11) is -9.92. The van der Waals surface area contributed by atoms with Crippen molar-refractivity contribution in [2.24, 2.45) is 4.99 Å². The third-order valence-corrected chi connectivity index (χ3v) is 8.98. The zero-order chi connectivity index (χ0) is 33.9. The first kappa shape index (κ1) is 45.1. The van der Waals surface area contributed by atoms with Gasteiger partial charge in [-0.1, -0.05) is 0 Å². The van der Waals surface area contributed by atoms with Crippen LogP contribution in [-0.4, -0.2) is 141 Å². The fourth-order valence-electron chi connectivity index (χ4n) is 4.93. The van der Waals surface area contributed by atoms with Gasteiger partial charge in [0, 0.05) is 12.6 Å². The predicted octanol–water partition coefficient (Wildman–Crippen LogP) is -11.5. The molecule has 0 spiro atoms. The van der Waals surface area contributed by atoms with Crippen molar-refractivity contribution in [1.29, 1.82) is 5.41 Å². The molecule has 0 bridgehead atoms. The van der Waals surface area contributed by atoms with Crippen molar-refractivity contribution in [1.82, 2.24) is 9.55 Å². The summed E-state index contributed by atoms with van der Waals surface area (Å²) in [4.78, 5) is 36.1. The van der Waals surface area contributed by atoms with Gasteiger partial charge in [-0.15, -0.1) is 0 Å². The molecule has 3 rings (SSSR count). The molecule has 258 valence electrons. The first-order valence-electron chi connectivity index (χ1n) is 13.3. The Kier molecular flexibility index (Phi) is 17.8. The van der Waals surface area contributed by atoms with Crippen molar-refractivity contribution in [3.63, 3.8) is 0 Å². The number of nitrogens with zero attached hydrogens (tertiary/aromatic N) is 3. The summed E-state index contributed by atoms with van der Waals surface area (Å²) in [6.07, 6.45) is -14.7. The van der Waals surface area contributed by atoms with Crippen LogP contribution >= 0.6 is 15.4 Å². The van der Waals surface area contributed by atoms with Crippen LogP contribution in [0.3, 0.4) is 0 Å². The fraction of sp³-hybridized carbons (Fsp3) is 0.773. The second-order valence-corrected chi connectivity index (χ2v) is 13.9. The molecule has 10 N–H and O–H groups in total. The average Bonchev–Trinajstić information content (AvgIpc) is 3.22. The van der Waals surface area contributed by atoms with E-state index in [1.54, 1.807) is 0 Å². The van der Waals surface area contributed by atoms with Gasteiger partial charge in [-0.3, -0.25) is 19.5 Å². The van der Waals surface area contributed by atoms with E-state index in [1.807, 2.05) is 0 Å². The van der Waals surface area contributed by atoms with E-state index in [-0.39, 0.29) is 64.6 Å². The Morgan fingerprint density at radius 2 is 1.85 bits per heavy atom. The van der Waals surface area contributed by atoms with Crippen LogP contribution in [-0.2, 0) is 27.7 Å². The molecule has 3 heterocycles. The molecular weight excluding hydrogens is 700 g/mol. The van der Waals surface area contributed by atoms with Gasteiger partial charge in [0.1, 0.15) is 48.2 Å². The van der Waals surface area contributed by atoms with E-state index < -0.39 is 127 Å². The average molecular weight is 736 g/mol. The molecule has 25 heteroatoms. The normalized spacial score (nSPS) is 32.5. The molecule has 0 amide bonds. The minimum absolute atomic E-state index is 0. The van der Waals surface area contributed by atoms with Gasteiger partial charge >= 0.3 is 74.5 Å². The number of ether oxygens (including phenoxy) is 2. The second kappa shape index (κ2) is 18.5. The van der Waals surface area contributed by atoms with Crippen LogP contribution in [0, 0.1) is 5.41 Å². The molecule has 0 radical (unpaired) electrons. The van der Waals surface area contributed by atoms with Crippen molar-refractivity contribution in [3.8, 4) is 6.01 Å². The van der Waals surface area contributed by atoms with Crippen molar-refractivity contribution in [2.75, 3.05) is 26.0 Å². The quantitative estimate of drug-likeness (QED) is 0.0367. The van der Waals surface area contributed by atoms with Crippen LogP contribution in [0.5, 0.6) is 6.01 Å². The number of aromatic nitrogens is 2. The first-order chi connectivity index (χ1) is 20.8. The van der Waals surface area contributed by atoms with Crippen molar-refractivity contribution in [2.45, 2.75) is 80.4 Å². The summed E-state index contributed by atoms with van der Waals surface area (Å²) in [6.45, 7) is -1.82. The molecule has 1 aromatic rings. The van der Waals surface area contributed by atoms with E-state index in [4.69, 9.17) is 19.4 Å². The molecule has 11 atom stereocenters. The van der Waals surface area contributed by atoms with E-state index >= 15 is 0 Å². The zero-order valence-electron chi connectivity index (χ0n) is 25.6. The van der Waals surface area contributed by atoms with Crippen LogP contribution in [0.2, 0.25) is 0 Å². The summed E-state index contributed by atoms with van der Waals surface area (Å²) in [5, 5.41) is 92.6. The molecule has 1 aromatic heterocycles. The number of aliphatic imine (C=N–C) groups is 1. The van der Waals surface area contributed by atoms with Gasteiger partial charge in [-0.2, -0.15) is 0 Å². The SMILES string of the molecule is CC([O-])=N[C@@H]1[C@@H](O)C[C@@](CCP(=O)(O)OC[C@H]2O[C@@H](n3ccc(=N)nc3[O-])[C@H](O)[C@@H]2O)(COP(=O)(O)O)O[C@H]1C(O)[C@H](O)CO.[Na+].[Na+]. The van der Waals surface area contributed by atoms with Crippen LogP contribution in [0.4, 0.5) is 0 Å². The summed E-state index contributed by atoms with van der Waals surface area (Å²) in [5.41, 5.74) is -2.42. The third kappa shape index (κ3) is 12.4. The van der Waals surface area contributed by atoms with E-state index in [1.165, 1.54) is 0 Å². The molecule has 2 saturated heterocycles. The summed E-state index contributed by atoms with van der Waals surface area (Å²) in [5.74, 6) is -0.816.